The lowest BCUT2D eigenvalue weighted by molar-refractivity contribution is -0.125. The molecule has 5 saturated heterocycles. The van der Waals surface area contributed by atoms with Gasteiger partial charge in [-0.05, 0) is 125 Å². The molecule has 3 aromatic rings. The maximum Gasteiger partial charge on any atom is 0.262 e. The van der Waals surface area contributed by atoms with Crippen molar-refractivity contribution >= 4 is 52.7 Å². The number of fused-ring (bicyclic) bond motifs is 1. The molecule has 60 heavy (non-hydrogen) atoms. The van der Waals surface area contributed by atoms with Crippen LogP contribution in [0.25, 0.3) is 0 Å². The van der Waals surface area contributed by atoms with Crippen LogP contribution in [0, 0.1) is 18.2 Å². The predicted molar refractivity (Wildman–Crippen MR) is 235 cm³/mol. The number of imide groups is 1. The van der Waals surface area contributed by atoms with Gasteiger partial charge < -0.3 is 24.9 Å². The molecule has 5 fully saturated rings. The first-order valence-corrected chi connectivity index (χ1v) is 21.9. The first-order chi connectivity index (χ1) is 28.8. The van der Waals surface area contributed by atoms with Crippen LogP contribution in [0.15, 0.2) is 66.9 Å². The zero-order chi connectivity index (χ0) is 42.3. The van der Waals surface area contributed by atoms with Gasteiger partial charge in [-0.25, -0.2) is 4.39 Å². The van der Waals surface area contributed by atoms with E-state index in [-0.39, 0.29) is 11.1 Å². The van der Waals surface area contributed by atoms with E-state index in [0.29, 0.717) is 54.8 Å². The van der Waals surface area contributed by atoms with Crippen LogP contribution in [0.4, 0.5) is 21.5 Å². The first-order valence-electron chi connectivity index (χ1n) is 21.5. The standard InChI is InChI=1S/C24H30FN5O3.C23H27ClN2O/c1-15-3-4-20(22(31)26-15)30-23(32)17-13-19(25)21(14-18(17)24(30)33)29-7-5-16(6-8-29)28-11-9-27(2)10-12-28;1-17-3-6-21(13-22(17)24)26-16-23(14-18(26)2)9-11-25(12-10-23)20-7-4-19(15-27)5-8-20/h13-14,16,20H,1,3-12H2,2H3,(H,26,31);3-8,13,15,18H,9-12,14,16H2,1-2H3. The number of piperazine rings is 1. The van der Waals surface area contributed by atoms with Crippen LogP contribution in [0.5, 0.6) is 0 Å². The van der Waals surface area contributed by atoms with Crippen LogP contribution in [0.2, 0.25) is 5.02 Å². The molecule has 318 valence electrons. The summed E-state index contributed by atoms with van der Waals surface area (Å²) in [7, 11) is 2.14. The summed E-state index contributed by atoms with van der Waals surface area (Å²) >= 11 is 6.37. The fraction of sp³-hybridized carbons (Fsp3) is 0.489. The number of hydrogen-bond acceptors (Lipinski definition) is 9. The number of carbonyl (C=O) groups is 4. The van der Waals surface area contributed by atoms with Gasteiger partial charge >= 0.3 is 0 Å². The zero-order valence-corrected chi connectivity index (χ0v) is 35.9. The molecule has 9 rings (SSSR count). The number of benzene rings is 3. The third kappa shape index (κ3) is 8.43. The second-order valence-corrected chi connectivity index (χ2v) is 18.3. The minimum atomic E-state index is -0.895. The first kappa shape index (κ1) is 41.9. The van der Waals surface area contributed by atoms with E-state index in [1.807, 2.05) is 17.0 Å². The third-order valence-electron chi connectivity index (χ3n) is 14.0. The maximum absolute atomic E-state index is 15.1. The number of amides is 3. The molecule has 6 heterocycles. The van der Waals surface area contributed by atoms with Gasteiger partial charge in [0.25, 0.3) is 11.8 Å². The molecular formula is C47H57ClFN7O4. The molecule has 0 aliphatic carbocycles. The molecule has 2 atom stereocenters. The highest BCUT2D eigenvalue weighted by molar-refractivity contribution is 6.31. The summed E-state index contributed by atoms with van der Waals surface area (Å²) in [6.45, 7) is 17.1. The van der Waals surface area contributed by atoms with Gasteiger partial charge in [0.05, 0.1) is 16.8 Å². The van der Waals surface area contributed by atoms with Gasteiger partial charge in [-0.3, -0.25) is 29.0 Å². The van der Waals surface area contributed by atoms with E-state index in [0.717, 1.165) is 92.1 Å². The lowest BCUT2D eigenvalue weighted by Gasteiger charge is -2.42. The lowest BCUT2D eigenvalue weighted by Crippen LogP contribution is -2.52. The van der Waals surface area contributed by atoms with Gasteiger partial charge in [0.15, 0.2) is 0 Å². The summed E-state index contributed by atoms with van der Waals surface area (Å²) in [6, 6.07) is 17.2. The monoisotopic (exact) mass is 837 g/mol. The number of rotatable bonds is 6. The van der Waals surface area contributed by atoms with E-state index < -0.39 is 29.6 Å². The van der Waals surface area contributed by atoms with Crippen molar-refractivity contribution < 1.29 is 23.6 Å². The van der Waals surface area contributed by atoms with Crippen molar-refractivity contribution in [3.63, 3.8) is 0 Å². The Morgan fingerprint density at radius 2 is 1.48 bits per heavy atom. The molecule has 1 spiro atoms. The minimum Gasteiger partial charge on any atom is -0.371 e. The van der Waals surface area contributed by atoms with Crippen molar-refractivity contribution in [1.29, 1.82) is 0 Å². The van der Waals surface area contributed by atoms with Crippen LogP contribution in [0.1, 0.15) is 88.5 Å². The van der Waals surface area contributed by atoms with E-state index >= 15 is 4.39 Å². The molecule has 0 saturated carbocycles. The number of aryl methyl sites for hydroxylation is 1. The Bertz CT molecular complexity index is 2140. The fourth-order valence-electron chi connectivity index (χ4n) is 10.3. The minimum absolute atomic E-state index is 0.0331. The van der Waals surface area contributed by atoms with Crippen molar-refractivity contribution in [3.05, 3.63) is 100.0 Å². The van der Waals surface area contributed by atoms with Gasteiger partial charge in [-0.1, -0.05) is 24.2 Å². The topological polar surface area (TPSA) is 99.8 Å². The Morgan fingerprint density at radius 1 is 0.833 bits per heavy atom. The second-order valence-electron chi connectivity index (χ2n) is 17.8. The number of anilines is 3. The highest BCUT2D eigenvalue weighted by Crippen LogP contribution is 2.46. The molecule has 3 amide bonds. The van der Waals surface area contributed by atoms with Gasteiger partial charge in [0.1, 0.15) is 18.1 Å². The van der Waals surface area contributed by atoms with Crippen molar-refractivity contribution in [2.75, 3.05) is 80.7 Å². The number of piperidine rings is 3. The van der Waals surface area contributed by atoms with E-state index in [1.165, 1.54) is 36.7 Å². The average molecular weight is 838 g/mol. The summed E-state index contributed by atoms with van der Waals surface area (Å²) in [4.78, 5) is 62.1. The van der Waals surface area contributed by atoms with Gasteiger partial charge in [0, 0.05) is 98.6 Å². The molecule has 2 unspecified atom stereocenters. The van der Waals surface area contributed by atoms with Crippen LogP contribution in [-0.4, -0.2) is 123 Å². The van der Waals surface area contributed by atoms with Crippen LogP contribution in [0.3, 0.4) is 0 Å². The summed E-state index contributed by atoms with van der Waals surface area (Å²) in [5.74, 6) is -2.07. The predicted octanol–water partition coefficient (Wildman–Crippen LogP) is 6.78. The van der Waals surface area contributed by atoms with Crippen molar-refractivity contribution in [3.8, 4) is 0 Å². The number of halogens is 2. The largest absolute Gasteiger partial charge is 0.371 e. The normalized spacial score (nSPS) is 23.8. The van der Waals surface area contributed by atoms with Crippen molar-refractivity contribution in [2.24, 2.45) is 5.41 Å². The Balaban J connectivity index is 0.000000170. The van der Waals surface area contributed by atoms with Gasteiger partial charge in [0.2, 0.25) is 5.91 Å². The second kappa shape index (κ2) is 17.3. The summed E-state index contributed by atoms with van der Waals surface area (Å²) in [5.41, 5.74) is 5.89. The third-order valence-corrected chi connectivity index (χ3v) is 14.4. The number of nitrogens with one attached hydrogen (secondary N) is 1. The average Bonchev–Trinajstić information content (AvgIpc) is 3.69. The Kier molecular flexibility index (Phi) is 12.1. The van der Waals surface area contributed by atoms with Crippen LogP contribution >= 0.6 is 11.6 Å². The molecule has 11 nitrogen and oxygen atoms in total. The van der Waals surface area contributed by atoms with E-state index in [4.69, 9.17) is 11.6 Å². The molecule has 3 aromatic carbocycles. The van der Waals surface area contributed by atoms with E-state index in [2.05, 4.69) is 82.7 Å². The number of hydrogen-bond donors (Lipinski definition) is 1. The van der Waals surface area contributed by atoms with Crippen molar-refractivity contribution in [1.82, 2.24) is 20.0 Å². The highest BCUT2D eigenvalue weighted by atomic mass is 35.5. The molecule has 0 radical (unpaired) electrons. The lowest BCUT2D eigenvalue weighted by atomic mass is 9.76. The smallest absolute Gasteiger partial charge is 0.262 e. The number of aldehydes is 1. The molecule has 0 aromatic heterocycles. The Morgan fingerprint density at radius 3 is 2.12 bits per heavy atom. The maximum atomic E-state index is 15.1. The zero-order valence-electron chi connectivity index (χ0n) is 35.1. The fourth-order valence-corrected chi connectivity index (χ4v) is 10.4. The molecule has 6 aliphatic heterocycles. The van der Waals surface area contributed by atoms with Gasteiger partial charge in [-0.2, -0.15) is 0 Å². The number of nitrogens with zero attached hydrogens (tertiary/aromatic N) is 6. The molecular weight excluding hydrogens is 781 g/mol. The van der Waals surface area contributed by atoms with Crippen molar-refractivity contribution in [2.45, 2.75) is 76.9 Å². The SMILES string of the molecule is C=C1CCC(N2C(=O)c3cc(F)c(N4CCC(N5CCN(C)CC5)CC4)cc3C2=O)C(=O)N1.Cc1ccc(N2CC3(CCN(c4ccc(C=O)cc4)CC3)CC2C)cc1Cl. The Labute approximate surface area is 358 Å². The molecule has 6 aliphatic rings. The quantitative estimate of drug-likeness (QED) is 0.213. The molecule has 13 heteroatoms. The summed E-state index contributed by atoms with van der Waals surface area (Å²) in [5, 5.41) is 3.47. The number of allylic oxidation sites excluding steroid dienone is 1. The van der Waals surface area contributed by atoms with Gasteiger partial charge in [-0.15, -0.1) is 0 Å². The molecule has 1 N–H and O–H groups in total. The van der Waals surface area contributed by atoms with Crippen LogP contribution in [-0.2, 0) is 4.79 Å². The Hall–Kier alpha value is -4.78. The summed E-state index contributed by atoms with van der Waals surface area (Å²) in [6.07, 6.45) is 7.26. The summed E-state index contributed by atoms with van der Waals surface area (Å²) < 4.78 is 15.1. The number of carbonyl (C=O) groups excluding carboxylic acids is 4. The van der Waals surface area contributed by atoms with E-state index in [1.54, 1.807) is 0 Å². The highest BCUT2D eigenvalue weighted by Gasteiger charge is 2.46. The van der Waals surface area contributed by atoms with E-state index in [9.17, 15) is 19.2 Å². The molecule has 0 bridgehead atoms. The number of likely N-dealkylation sites (N-methyl/N-ethyl adjacent to an activating group) is 1. The van der Waals surface area contributed by atoms with Crippen LogP contribution < -0.4 is 20.0 Å².